The van der Waals surface area contributed by atoms with Crippen LogP contribution in [-0.4, -0.2) is 53.5 Å². The van der Waals surface area contributed by atoms with E-state index in [4.69, 9.17) is 5.73 Å². The zero-order valence-corrected chi connectivity index (χ0v) is 16.5. The zero-order chi connectivity index (χ0) is 20.6. The van der Waals surface area contributed by atoms with E-state index < -0.39 is 17.9 Å². The van der Waals surface area contributed by atoms with E-state index in [9.17, 15) is 19.5 Å². The van der Waals surface area contributed by atoms with E-state index in [0.717, 1.165) is 19.3 Å². The van der Waals surface area contributed by atoms with Crippen molar-refractivity contribution in [3.63, 3.8) is 0 Å². The SMILES string of the molecule is NC(=O)C1CC12CNC(C(=O)N1CCCC(Cc3ccccc3)C1)C(C(=O)O)C2. The molecule has 0 radical (unpaired) electrons. The van der Waals surface area contributed by atoms with E-state index in [2.05, 4.69) is 17.4 Å². The second-order valence-corrected chi connectivity index (χ2v) is 9.01. The zero-order valence-electron chi connectivity index (χ0n) is 16.5. The molecule has 4 rings (SSSR count). The third-order valence-corrected chi connectivity index (χ3v) is 7.02. The maximum absolute atomic E-state index is 13.2. The highest BCUT2D eigenvalue weighted by Gasteiger charge is 2.62. The van der Waals surface area contributed by atoms with E-state index in [-0.39, 0.29) is 23.1 Å². The van der Waals surface area contributed by atoms with Crippen LogP contribution in [0.1, 0.15) is 31.2 Å². The first-order chi connectivity index (χ1) is 13.9. The summed E-state index contributed by atoms with van der Waals surface area (Å²) in [6.45, 7) is 1.80. The minimum absolute atomic E-state index is 0.124. The number of carboxylic acids is 1. The molecule has 2 saturated heterocycles. The van der Waals surface area contributed by atoms with Crippen molar-refractivity contribution >= 4 is 17.8 Å². The Morgan fingerprint density at radius 2 is 1.97 bits per heavy atom. The van der Waals surface area contributed by atoms with E-state index in [1.165, 1.54) is 5.56 Å². The number of rotatable bonds is 5. The maximum atomic E-state index is 13.2. The highest BCUT2D eigenvalue weighted by molar-refractivity contribution is 5.89. The number of nitrogens with one attached hydrogen (secondary N) is 1. The largest absolute Gasteiger partial charge is 0.481 e. The Balaban J connectivity index is 1.41. The van der Waals surface area contributed by atoms with Crippen LogP contribution in [0.25, 0.3) is 0 Å². The van der Waals surface area contributed by atoms with Gasteiger partial charge in [0.2, 0.25) is 11.8 Å². The molecular weight excluding hydrogens is 370 g/mol. The summed E-state index contributed by atoms with van der Waals surface area (Å²) in [6.07, 6.45) is 3.88. The van der Waals surface area contributed by atoms with Crippen molar-refractivity contribution in [1.82, 2.24) is 10.2 Å². The van der Waals surface area contributed by atoms with Crippen LogP contribution in [0.3, 0.4) is 0 Å². The number of primary amides is 1. The molecule has 4 N–H and O–H groups in total. The van der Waals surface area contributed by atoms with Crippen molar-refractivity contribution in [1.29, 1.82) is 0 Å². The van der Waals surface area contributed by atoms with Crippen molar-refractivity contribution in [2.45, 2.75) is 38.1 Å². The molecule has 3 fully saturated rings. The molecule has 2 heterocycles. The van der Waals surface area contributed by atoms with E-state index >= 15 is 0 Å². The van der Waals surface area contributed by atoms with E-state index in [1.54, 1.807) is 0 Å². The predicted molar refractivity (Wildman–Crippen MR) is 107 cm³/mol. The number of nitrogens with two attached hydrogens (primary N) is 1. The fraction of sp³-hybridized carbons (Fsp3) is 0.591. The first kappa shape index (κ1) is 19.9. The van der Waals surface area contributed by atoms with Crippen LogP contribution in [0.4, 0.5) is 0 Å². The van der Waals surface area contributed by atoms with E-state index in [1.807, 2.05) is 23.1 Å². The molecule has 29 heavy (non-hydrogen) atoms. The minimum Gasteiger partial charge on any atom is -0.481 e. The number of nitrogens with zero attached hydrogens (tertiary/aromatic N) is 1. The van der Waals surface area contributed by atoms with Crippen molar-refractivity contribution < 1.29 is 19.5 Å². The summed E-state index contributed by atoms with van der Waals surface area (Å²) in [7, 11) is 0. The number of likely N-dealkylation sites (tertiary alicyclic amines) is 1. The highest BCUT2D eigenvalue weighted by atomic mass is 16.4. The van der Waals surface area contributed by atoms with Gasteiger partial charge in [-0.15, -0.1) is 0 Å². The Kier molecular flexibility index (Phi) is 5.34. The summed E-state index contributed by atoms with van der Waals surface area (Å²) in [5, 5.41) is 12.9. The number of carboxylic acid groups (broad SMARTS) is 1. The predicted octanol–water partition coefficient (Wildman–Crippen LogP) is 1.02. The molecule has 7 heteroatoms. The van der Waals surface area contributed by atoms with Crippen molar-refractivity contribution in [3.05, 3.63) is 35.9 Å². The van der Waals surface area contributed by atoms with Crippen LogP contribution < -0.4 is 11.1 Å². The lowest BCUT2D eigenvalue weighted by atomic mass is 9.80. The van der Waals surface area contributed by atoms with Gasteiger partial charge < -0.3 is 21.1 Å². The van der Waals surface area contributed by atoms with Crippen LogP contribution in [0.15, 0.2) is 30.3 Å². The van der Waals surface area contributed by atoms with Crippen LogP contribution in [-0.2, 0) is 20.8 Å². The Labute approximate surface area is 170 Å². The van der Waals surface area contributed by atoms with Gasteiger partial charge in [-0.2, -0.15) is 0 Å². The number of carbonyl (C=O) groups excluding carboxylic acids is 2. The topological polar surface area (TPSA) is 113 Å². The lowest BCUT2D eigenvalue weighted by Crippen LogP contribution is -2.59. The van der Waals surface area contributed by atoms with Crippen molar-refractivity contribution in [2.24, 2.45) is 28.9 Å². The van der Waals surface area contributed by atoms with Gasteiger partial charge in [0.25, 0.3) is 0 Å². The first-order valence-electron chi connectivity index (χ1n) is 10.5. The van der Waals surface area contributed by atoms with Crippen LogP contribution in [0, 0.1) is 23.2 Å². The minimum atomic E-state index is -0.983. The van der Waals surface area contributed by atoms with Gasteiger partial charge in [0, 0.05) is 25.6 Å². The quantitative estimate of drug-likeness (QED) is 0.684. The molecule has 1 spiro atoms. The van der Waals surface area contributed by atoms with Gasteiger partial charge >= 0.3 is 5.97 Å². The van der Waals surface area contributed by atoms with Crippen LogP contribution in [0.5, 0.6) is 0 Å². The average molecular weight is 399 g/mol. The fourth-order valence-electron chi connectivity index (χ4n) is 5.32. The number of amides is 2. The number of carbonyl (C=O) groups is 3. The lowest BCUT2D eigenvalue weighted by molar-refractivity contribution is -0.151. The molecule has 2 amide bonds. The standard InChI is InChI=1S/C22H29N3O4/c23-19(26)17-11-22(17)10-16(21(28)29)18(24-13-22)20(27)25-8-4-7-15(12-25)9-14-5-2-1-3-6-14/h1-3,5-6,15-18,24H,4,7-13H2,(H2,23,26)(H,28,29). The van der Waals surface area contributed by atoms with Gasteiger partial charge in [-0.25, -0.2) is 0 Å². The number of hydrogen-bond donors (Lipinski definition) is 3. The van der Waals surface area contributed by atoms with Gasteiger partial charge in [0.1, 0.15) is 6.04 Å². The van der Waals surface area contributed by atoms with Crippen LogP contribution in [0.2, 0.25) is 0 Å². The van der Waals surface area contributed by atoms with E-state index in [0.29, 0.717) is 38.4 Å². The van der Waals surface area contributed by atoms with Crippen molar-refractivity contribution in [2.75, 3.05) is 19.6 Å². The number of piperidine rings is 2. The summed E-state index contributed by atoms with van der Waals surface area (Å²) in [5.74, 6) is -2.20. The van der Waals surface area contributed by atoms with Crippen LogP contribution >= 0.6 is 0 Å². The van der Waals surface area contributed by atoms with Crippen molar-refractivity contribution in [3.8, 4) is 0 Å². The molecule has 7 nitrogen and oxygen atoms in total. The molecule has 2 aliphatic heterocycles. The summed E-state index contributed by atoms with van der Waals surface area (Å²) in [6, 6.07) is 9.52. The average Bonchev–Trinajstić information content (AvgIpc) is 3.42. The second-order valence-electron chi connectivity index (χ2n) is 9.01. The lowest BCUT2D eigenvalue weighted by Gasteiger charge is -2.40. The van der Waals surface area contributed by atoms with Gasteiger partial charge in [-0.05, 0) is 49.0 Å². The second kappa shape index (κ2) is 7.78. The summed E-state index contributed by atoms with van der Waals surface area (Å²) in [5.41, 5.74) is 6.30. The molecular formula is C22H29N3O4. The molecule has 3 aliphatic rings. The summed E-state index contributed by atoms with van der Waals surface area (Å²) in [4.78, 5) is 38.5. The molecule has 5 atom stereocenters. The Morgan fingerprint density at radius 3 is 2.62 bits per heavy atom. The number of hydrogen-bond acceptors (Lipinski definition) is 4. The summed E-state index contributed by atoms with van der Waals surface area (Å²) < 4.78 is 0. The number of aliphatic carboxylic acids is 1. The highest BCUT2D eigenvalue weighted by Crippen LogP contribution is 2.58. The molecule has 156 valence electrons. The molecule has 0 bridgehead atoms. The third-order valence-electron chi connectivity index (χ3n) is 7.02. The van der Waals surface area contributed by atoms with Gasteiger partial charge in [0.05, 0.1) is 5.92 Å². The number of benzene rings is 1. The Hall–Kier alpha value is -2.41. The molecule has 0 aromatic heterocycles. The molecule has 1 aromatic carbocycles. The Morgan fingerprint density at radius 1 is 1.21 bits per heavy atom. The molecule has 1 saturated carbocycles. The summed E-state index contributed by atoms with van der Waals surface area (Å²) >= 11 is 0. The maximum Gasteiger partial charge on any atom is 0.308 e. The smallest absolute Gasteiger partial charge is 0.308 e. The first-order valence-corrected chi connectivity index (χ1v) is 10.5. The molecule has 1 aromatic rings. The fourth-order valence-corrected chi connectivity index (χ4v) is 5.32. The monoisotopic (exact) mass is 399 g/mol. The van der Waals surface area contributed by atoms with Gasteiger partial charge in [-0.1, -0.05) is 30.3 Å². The van der Waals surface area contributed by atoms with Gasteiger partial charge in [-0.3, -0.25) is 14.4 Å². The normalized spacial score (nSPS) is 34.0. The Bertz CT molecular complexity index is 799. The third kappa shape index (κ3) is 4.01. The van der Waals surface area contributed by atoms with Gasteiger partial charge in [0.15, 0.2) is 0 Å². The molecule has 1 aliphatic carbocycles. The molecule has 5 unspecified atom stereocenters.